The Morgan fingerprint density at radius 2 is 1.63 bits per heavy atom. The Morgan fingerprint density at radius 3 is 2.23 bits per heavy atom. The number of nitro groups is 1. The fourth-order valence-corrected chi connectivity index (χ4v) is 3.37. The van der Waals surface area contributed by atoms with Crippen LogP contribution in [0.3, 0.4) is 0 Å². The number of aryl methyl sites for hydroxylation is 2. The first-order valence-corrected chi connectivity index (χ1v) is 9.64. The summed E-state index contributed by atoms with van der Waals surface area (Å²) < 4.78 is 1.63. The molecule has 3 aromatic rings. The molecule has 0 fully saturated rings. The number of carbonyl (C=O) groups excluding carboxylic acids is 2. The van der Waals surface area contributed by atoms with Crippen molar-refractivity contribution in [1.29, 1.82) is 0 Å². The van der Waals surface area contributed by atoms with E-state index in [9.17, 15) is 19.7 Å². The molecule has 0 radical (unpaired) electrons. The number of amides is 1. The lowest BCUT2D eigenvalue weighted by atomic mass is 10.1. The zero-order valence-corrected chi connectivity index (χ0v) is 17.6. The van der Waals surface area contributed by atoms with E-state index in [1.165, 1.54) is 47.5 Å². The Bertz CT molecular complexity index is 1140. The highest BCUT2D eigenvalue weighted by Crippen LogP contribution is 2.24. The maximum absolute atomic E-state index is 13.3. The highest BCUT2D eigenvalue weighted by atomic mass is 35.5. The number of hydrogen-bond donors (Lipinski definition) is 0. The molecule has 3 rings (SSSR count). The summed E-state index contributed by atoms with van der Waals surface area (Å²) in [6.45, 7) is 3.29. The quantitative estimate of drug-likeness (QED) is 0.304. The van der Waals surface area contributed by atoms with Gasteiger partial charge in [0.25, 0.3) is 11.6 Å². The van der Waals surface area contributed by atoms with Gasteiger partial charge < -0.3 is 0 Å². The second-order valence-corrected chi connectivity index (χ2v) is 7.46. The molecule has 0 saturated heterocycles. The number of nitro benzene ring substituents is 1. The second-order valence-electron chi connectivity index (χ2n) is 6.65. The van der Waals surface area contributed by atoms with E-state index in [1.54, 1.807) is 18.5 Å². The molecule has 0 aliphatic carbocycles. The van der Waals surface area contributed by atoms with Gasteiger partial charge in [0.2, 0.25) is 0 Å². The molecule has 0 bridgehead atoms. The topological polar surface area (TPSA) is 85.4 Å². The molecule has 0 spiro atoms. The lowest BCUT2D eigenvalue weighted by Gasteiger charge is -2.26. The number of benzene rings is 2. The molecule has 2 aromatic carbocycles. The van der Waals surface area contributed by atoms with Crippen molar-refractivity contribution in [3.63, 3.8) is 0 Å². The third kappa shape index (κ3) is 4.37. The van der Waals surface area contributed by atoms with Crippen molar-refractivity contribution in [2.75, 3.05) is 11.6 Å². The zero-order valence-electron chi connectivity index (χ0n) is 16.1. The van der Waals surface area contributed by atoms with Crippen LogP contribution in [0.2, 0.25) is 10.0 Å². The fraction of sp³-hybridized carbons (Fsp3) is 0.143. The van der Waals surface area contributed by atoms with E-state index in [2.05, 4.69) is 0 Å². The molecular weight excluding hydrogens is 429 g/mol. The summed E-state index contributed by atoms with van der Waals surface area (Å²) in [5, 5.41) is 12.8. The summed E-state index contributed by atoms with van der Waals surface area (Å²) in [6.07, 6.45) is 0. The zero-order chi connectivity index (χ0) is 22.0. The molecule has 1 aromatic heterocycles. The van der Waals surface area contributed by atoms with Gasteiger partial charge in [-0.3, -0.25) is 24.4 Å². The van der Waals surface area contributed by atoms with Crippen molar-refractivity contribution in [3.8, 4) is 0 Å². The Balaban J connectivity index is 2.01. The summed E-state index contributed by atoms with van der Waals surface area (Å²) in [7, 11) is 0. The van der Waals surface area contributed by atoms with E-state index in [4.69, 9.17) is 23.2 Å². The Labute approximate surface area is 182 Å². The number of hydrogen-bond acceptors (Lipinski definition) is 4. The summed E-state index contributed by atoms with van der Waals surface area (Å²) in [5.74, 6) is -0.908. The molecule has 154 valence electrons. The third-order valence-corrected chi connectivity index (χ3v) is 5.29. The minimum atomic E-state index is -0.574. The molecule has 0 atom stereocenters. The van der Waals surface area contributed by atoms with Crippen molar-refractivity contribution >= 4 is 40.6 Å². The molecule has 9 heteroatoms. The molecule has 30 heavy (non-hydrogen) atoms. The number of rotatable bonds is 6. The monoisotopic (exact) mass is 445 g/mol. The van der Waals surface area contributed by atoms with E-state index in [1.807, 2.05) is 12.1 Å². The number of halogens is 2. The lowest BCUT2D eigenvalue weighted by Crippen LogP contribution is -2.45. The van der Waals surface area contributed by atoms with Crippen LogP contribution in [0.25, 0.3) is 0 Å². The van der Waals surface area contributed by atoms with Gasteiger partial charge in [-0.2, -0.15) is 0 Å². The first kappa shape index (κ1) is 21.5. The summed E-state index contributed by atoms with van der Waals surface area (Å²) in [4.78, 5) is 36.7. The molecule has 0 aliphatic rings. The van der Waals surface area contributed by atoms with E-state index < -0.39 is 16.6 Å². The number of Topliss-reactive ketones (excluding diaryl/α,β-unsaturated/α-hetero) is 1. The minimum Gasteiger partial charge on any atom is -0.292 e. The van der Waals surface area contributed by atoms with Crippen LogP contribution in [-0.4, -0.2) is 27.8 Å². The first-order valence-electron chi connectivity index (χ1n) is 8.89. The molecule has 0 saturated carbocycles. The van der Waals surface area contributed by atoms with Gasteiger partial charge in [0.1, 0.15) is 6.54 Å². The maximum Gasteiger partial charge on any atom is 0.273 e. The largest absolute Gasteiger partial charge is 0.292 e. The van der Waals surface area contributed by atoms with Crippen LogP contribution in [0.1, 0.15) is 32.1 Å². The van der Waals surface area contributed by atoms with Crippen molar-refractivity contribution in [3.05, 3.63) is 97.3 Å². The van der Waals surface area contributed by atoms with E-state index in [0.717, 1.165) is 11.4 Å². The van der Waals surface area contributed by atoms with Crippen LogP contribution in [0, 0.1) is 24.0 Å². The molecule has 1 amide bonds. The van der Waals surface area contributed by atoms with Gasteiger partial charge in [0.15, 0.2) is 5.78 Å². The van der Waals surface area contributed by atoms with Crippen LogP contribution in [0.4, 0.5) is 5.69 Å². The smallest absolute Gasteiger partial charge is 0.273 e. The molecule has 0 aliphatic heterocycles. The predicted molar refractivity (Wildman–Crippen MR) is 115 cm³/mol. The van der Waals surface area contributed by atoms with Gasteiger partial charge in [-0.25, -0.2) is 5.01 Å². The van der Waals surface area contributed by atoms with Crippen LogP contribution in [-0.2, 0) is 0 Å². The number of non-ortho nitro benzene ring substituents is 1. The number of aromatic nitrogens is 1. The first-order chi connectivity index (χ1) is 14.2. The summed E-state index contributed by atoms with van der Waals surface area (Å²) in [5.41, 5.74) is 1.68. The Kier molecular flexibility index (Phi) is 6.24. The van der Waals surface area contributed by atoms with Gasteiger partial charge in [-0.05, 0) is 44.2 Å². The molecule has 1 heterocycles. The summed E-state index contributed by atoms with van der Waals surface area (Å²) >= 11 is 12.0. The highest BCUT2D eigenvalue weighted by Gasteiger charge is 2.24. The molecule has 7 nitrogen and oxygen atoms in total. The van der Waals surface area contributed by atoms with Crippen LogP contribution in [0.15, 0.2) is 54.6 Å². The Hall–Kier alpha value is -3.16. The van der Waals surface area contributed by atoms with E-state index >= 15 is 0 Å². The lowest BCUT2D eigenvalue weighted by molar-refractivity contribution is -0.384. The second kappa shape index (κ2) is 8.69. The van der Waals surface area contributed by atoms with E-state index in [-0.39, 0.29) is 28.4 Å². The van der Waals surface area contributed by atoms with Crippen LogP contribution < -0.4 is 5.01 Å². The average Bonchev–Trinajstić information content (AvgIpc) is 3.05. The molecular formula is C21H17Cl2N3O4. The van der Waals surface area contributed by atoms with Crippen LogP contribution in [0.5, 0.6) is 0 Å². The van der Waals surface area contributed by atoms with Gasteiger partial charge >= 0.3 is 0 Å². The average molecular weight is 446 g/mol. The van der Waals surface area contributed by atoms with Crippen molar-refractivity contribution < 1.29 is 14.5 Å². The standard InChI is InChI=1S/C21H17Cl2N3O4/c1-13-6-7-14(2)25(13)24(21(28)16-8-9-18(22)19(23)11-16)12-20(27)15-4-3-5-17(10-15)26(29)30/h3-11H,12H2,1-2H3. The molecule has 0 unspecified atom stereocenters. The van der Waals surface area contributed by atoms with Crippen LogP contribution >= 0.6 is 23.2 Å². The fourth-order valence-electron chi connectivity index (χ4n) is 3.07. The normalized spacial score (nSPS) is 10.7. The third-order valence-electron chi connectivity index (χ3n) is 4.55. The van der Waals surface area contributed by atoms with Gasteiger partial charge in [0, 0.05) is 34.6 Å². The number of ketones is 1. The predicted octanol–water partition coefficient (Wildman–Crippen LogP) is 4.98. The van der Waals surface area contributed by atoms with E-state index in [0.29, 0.717) is 5.02 Å². The highest BCUT2D eigenvalue weighted by molar-refractivity contribution is 6.42. The maximum atomic E-state index is 13.3. The van der Waals surface area contributed by atoms with Crippen molar-refractivity contribution in [2.24, 2.45) is 0 Å². The van der Waals surface area contributed by atoms with Crippen molar-refractivity contribution in [2.45, 2.75) is 13.8 Å². The number of carbonyl (C=O) groups is 2. The van der Waals surface area contributed by atoms with Gasteiger partial charge in [-0.15, -0.1) is 0 Å². The Morgan fingerprint density at radius 1 is 0.967 bits per heavy atom. The van der Waals surface area contributed by atoms with Gasteiger partial charge in [0.05, 0.1) is 15.0 Å². The van der Waals surface area contributed by atoms with Gasteiger partial charge in [-0.1, -0.05) is 35.3 Å². The summed E-state index contributed by atoms with van der Waals surface area (Å²) in [6, 6.07) is 13.5. The van der Waals surface area contributed by atoms with Crippen molar-refractivity contribution in [1.82, 2.24) is 4.68 Å². The molecule has 0 N–H and O–H groups in total. The number of nitrogens with zero attached hydrogens (tertiary/aromatic N) is 3. The SMILES string of the molecule is Cc1ccc(C)n1N(CC(=O)c1cccc([N+](=O)[O-])c1)C(=O)c1ccc(Cl)c(Cl)c1. The minimum absolute atomic E-state index is 0.138.